The van der Waals surface area contributed by atoms with Crippen LogP contribution in [0.15, 0.2) is 6.33 Å². The number of terminal acetylenes is 1. The second-order valence-electron chi connectivity index (χ2n) is 5.04. The molecule has 0 spiro atoms. The number of rotatable bonds is 4. The van der Waals surface area contributed by atoms with E-state index < -0.39 is 31.1 Å². The molecule has 122 valence electrons. The van der Waals surface area contributed by atoms with E-state index in [1.807, 2.05) is 0 Å². The molecule has 2 aromatic heterocycles. The average molecular weight is 320 g/mol. The van der Waals surface area contributed by atoms with Gasteiger partial charge in [-0.3, -0.25) is 4.57 Å². The second-order valence-corrected chi connectivity index (χ2v) is 5.04. The predicted molar refractivity (Wildman–Crippen MR) is 80.1 cm³/mol. The van der Waals surface area contributed by atoms with Crippen molar-refractivity contribution in [2.75, 3.05) is 24.2 Å². The maximum absolute atomic E-state index is 10.1. The Morgan fingerprint density at radius 3 is 2.83 bits per heavy atom. The number of nitrogens with zero attached hydrogens (tertiary/aromatic N) is 4. The molecule has 0 aromatic carbocycles. The molecular weight excluding hydrogens is 304 g/mol. The fraction of sp³-hybridized carbons (Fsp3) is 0.462. The number of imidazole rings is 1. The monoisotopic (exact) mass is 320 g/mol. The van der Waals surface area contributed by atoms with E-state index in [1.165, 1.54) is 10.9 Å². The topological polar surface area (TPSA) is 152 Å². The van der Waals surface area contributed by atoms with Gasteiger partial charge in [-0.15, -0.1) is 6.42 Å². The molecule has 1 aliphatic rings. The zero-order valence-corrected chi connectivity index (χ0v) is 12.0. The molecule has 1 aliphatic heterocycles. The Bertz CT molecular complexity index is 757. The number of nitrogens with one attached hydrogen (secondary N) is 1. The largest absolute Gasteiger partial charge is 0.394 e. The average Bonchev–Trinajstić information content (AvgIpc) is 3.08. The number of ether oxygens (including phenoxy) is 1. The van der Waals surface area contributed by atoms with Gasteiger partial charge >= 0.3 is 0 Å². The van der Waals surface area contributed by atoms with Crippen molar-refractivity contribution in [1.29, 1.82) is 0 Å². The molecule has 10 nitrogen and oxygen atoms in total. The van der Waals surface area contributed by atoms with E-state index in [0.29, 0.717) is 11.2 Å². The van der Waals surface area contributed by atoms with Crippen LogP contribution in [0.4, 0.5) is 11.8 Å². The zero-order chi connectivity index (χ0) is 16.6. The lowest BCUT2D eigenvalue weighted by Crippen LogP contribution is -2.33. The molecule has 23 heavy (non-hydrogen) atoms. The van der Waals surface area contributed by atoms with E-state index in [-0.39, 0.29) is 18.3 Å². The van der Waals surface area contributed by atoms with Crippen molar-refractivity contribution >= 4 is 22.9 Å². The van der Waals surface area contributed by atoms with Crippen molar-refractivity contribution in [3.05, 3.63) is 6.33 Å². The molecule has 1 saturated heterocycles. The summed E-state index contributed by atoms with van der Waals surface area (Å²) in [4.78, 5) is 12.4. The van der Waals surface area contributed by atoms with Crippen molar-refractivity contribution in [2.45, 2.75) is 24.5 Å². The summed E-state index contributed by atoms with van der Waals surface area (Å²) >= 11 is 0. The molecule has 3 rings (SSSR count). The minimum absolute atomic E-state index is 0.139. The van der Waals surface area contributed by atoms with Crippen molar-refractivity contribution in [2.24, 2.45) is 0 Å². The van der Waals surface area contributed by atoms with Gasteiger partial charge in [0.05, 0.1) is 19.5 Å². The summed E-state index contributed by atoms with van der Waals surface area (Å²) in [6.45, 7) is -0.208. The van der Waals surface area contributed by atoms with Crippen LogP contribution in [0.3, 0.4) is 0 Å². The maximum atomic E-state index is 10.1. The van der Waals surface area contributed by atoms with Crippen LogP contribution < -0.4 is 11.1 Å². The van der Waals surface area contributed by atoms with Gasteiger partial charge in [-0.25, -0.2) is 4.98 Å². The van der Waals surface area contributed by atoms with Gasteiger partial charge in [0.15, 0.2) is 17.7 Å². The minimum atomic E-state index is -1.25. The molecule has 0 saturated carbocycles. The fourth-order valence-corrected chi connectivity index (χ4v) is 2.44. The number of hydrogen-bond acceptors (Lipinski definition) is 9. The Balaban J connectivity index is 2.01. The van der Waals surface area contributed by atoms with Crippen LogP contribution in [0.2, 0.25) is 0 Å². The Labute approximate surface area is 130 Å². The van der Waals surface area contributed by atoms with Crippen LogP contribution in [0.5, 0.6) is 0 Å². The molecule has 1 fully saturated rings. The van der Waals surface area contributed by atoms with Gasteiger partial charge < -0.3 is 31.1 Å². The molecule has 10 heteroatoms. The van der Waals surface area contributed by atoms with E-state index in [4.69, 9.17) is 16.9 Å². The molecule has 0 radical (unpaired) electrons. The number of fused-ring (bicyclic) bond motifs is 1. The number of aromatic nitrogens is 4. The first-order chi connectivity index (χ1) is 11.1. The molecule has 6 N–H and O–H groups in total. The normalized spacial score (nSPS) is 27.2. The Morgan fingerprint density at radius 2 is 2.17 bits per heavy atom. The molecule has 2 aromatic rings. The van der Waals surface area contributed by atoms with Gasteiger partial charge in [0.25, 0.3) is 0 Å². The Hall–Kier alpha value is -2.45. The number of hydrogen-bond donors (Lipinski definition) is 5. The second kappa shape index (κ2) is 5.98. The number of aliphatic hydroxyl groups excluding tert-OH is 3. The van der Waals surface area contributed by atoms with Crippen LogP contribution in [-0.2, 0) is 4.74 Å². The summed E-state index contributed by atoms with van der Waals surface area (Å²) in [5.74, 6) is 2.74. The summed E-state index contributed by atoms with van der Waals surface area (Å²) in [7, 11) is 0. The predicted octanol–water partition coefficient (Wildman–Crippen LogP) is -1.93. The quantitative estimate of drug-likeness (QED) is 0.405. The smallest absolute Gasteiger partial charge is 0.227 e. The number of nitrogens with two attached hydrogens (primary N) is 1. The molecule has 0 amide bonds. The first kappa shape index (κ1) is 15.4. The lowest BCUT2D eigenvalue weighted by atomic mass is 10.1. The van der Waals surface area contributed by atoms with Crippen molar-refractivity contribution in [3.8, 4) is 12.3 Å². The first-order valence-corrected chi connectivity index (χ1v) is 6.86. The SMILES string of the molecule is C#CCNc1nc(N)c2ncn(C3O[C@H](CO)[C@@H](O)[C@H]3O)c2n1. The summed E-state index contributed by atoms with van der Waals surface area (Å²) < 4.78 is 6.90. The van der Waals surface area contributed by atoms with Gasteiger partial charge in [0, 0.05) is 0 Å². The highest BCUT2D eigenvalue weighted by Gasteiger charge is 2.44. The molecular formula is C13H16N6O4. The van der Waals surface area contributed by atoms with Crippen molar-refractivity contribution in [3.63, 3.8) is 0 Å². The van der Waals surface area contributed by atoms with Crippen LogP contribution in [0, 0.1) is 12.3 Å². The highest BCUT2D eigenvalue weighted by molar-refractivity contribution is 5.83. The fourth-order valence-electron chi connectivity index (χ4n) is 2.44. The van der Waals surface area contributed by atoms with Gasteiger partial charge in [-0.1, -0.05) is 5.92 Å². The van der Waals surface area contributed by atoms with Crippen molar-refractivity contribution in [1.82, 2.24) is 19.5 Å². The highest BCUT2D eigenvalue weighted by atomic mass is 16.6. The van der Waals surface area contributed by atoms with Crippen molar-refractivity contribution < 1.29 is 20.1 Å². The Kier molecular flexibility index (Phi) is 4.01. The molecule has 3 heterocycles. The summed E-state index contributed by atoms with van der Waals surface area (Å²) in [5, 5.41) is 32.0. The lowest BCUT2D eigenvalue weighted by Gasteiger charge is -2.16. The van der Waals surface area contributed by atoms with E-state index in [0.717, 1.165) is 0 Å². The standard InChI is InChI=1S/C13H16N6O4/c1-2-3-15-13-17-10(14)7-11(18-13)19(5-16-7)12-9(22)8(21)6(4-20)23-12/h1,5-6,8-9,12,20-22H,3-4H2,(H3,14,15,17,18)/t6-,8-,9-,12?/m1/s1. The minimum Gasteiger partial charge on any atom is -0.394 e. The zero-order valence-electron chi connectivity index (χ0n) is 12.0. The van der Waals surface area contributed by atoms with Gasteiger partial charge in [-0.2, -0.15) is 9.97 Å². The number of aliphatic hydroxyl groups is 3. The Morgan fingerprint density at radius 1 is 1.39 bits per heavy atom. The van der Waals surface area contributed by atoms with Gasteiger partial charge in [0.1, 0.15) is 23.8 Å². The molecule has 0 aliphatic carbocycles. The van der Waals surface area contributed by atoms with Crippen LogP contribution in [0.1, 0.15) is 6.23 Å². The third-order valence-corrected chi connectivity index (χ3v) is 3.59. The van der Waals surface area contributed by atoms with Crippen LogP contribution >= 0.6 is 0 Å². The third-order valence-electron chi connectivity index (χ3n) is 3.59. The molecule has 1 unspecified atom stereocenters. The lowest BCUT2D eigenvalue weighted by molar-refractivity contribution is -0.0511. The summed E-state index contributed by atoms with van der Waals surface area (Å²) in [6.07, 6.45) is 2.23. The molecule has 0 bridgehead atoms. The van der Waals surface area contributed by atoms with E-state index in [1.54, 1.807) is 0 Å². The van der Waals surface area contributed by atoms with Gasteiger partial charge in [0.2, 0.25) is 5.95 Å². The van der Waals surface area contributed by atoms with E-state index in [2.05, 4.69) is 26.2 Å². The molecule has 4 atom stereocenters. The van der Waals surface area contributed by atoms with Crippen LogP contribution in [0.25, 0.3) is 11.2 Å². The highest BCUT2D eigenvalue weighted by Crippen LogP contribution is 2.32. The number of anilines is 2. The third kappa shape index (κ3) is 2.55. The summed E-state index contributed by atoms with van der Waals surface area (Å²) in [6, 6.07) is 0. The maximum Gasteiger partial charge on any atom is 0.227 e. The number of nitrogen functional groups attached to an aromatic ring is 1. The van der Waals surface area contributed by atoms with E-state index >= 15 is 0 Å². The van der Waals surface area contributed by atoms with Gasteiger partial charge in [-0.05, 0) is 0 Å². The van der Waals surface area contributed by atoms with E-state index in [9.17, 15) is 15.3 Å². The summed E-state index contributed by atoms with van der Waals surface area (Å²) in [5.41, 5.74) is 6.48. The van der Waals surface area contributed by atoms with Crippen LogP contribution in [-0.4, -0.2) is 66.3 Å². The first-order valence-electron chi connectivity index (χ1n) is 6.86.